The lowest BCUT2D eigenvalue weighted by Crippen LogP contribution is -2.42. The Morgan fingerprint density at radius 3 is 2.75 bits per heavy atom. The predicted octanol–water partition coefficient (Wildman–Crippen LogP) is 0.0731. The Balaban J connectivity index is 2.25. The second-order valence-electron chi connectivity index (χ2n) is 4.36. The van der Waals surface area contributed by atoms with E-state index >= 15 is 0 Å². The molecular formula is C12H15NO6S. The molecule has 2 unspecified atom stereocenters. The van der Waals surface area contributed by atoms with Gasteiger partial charge in [0.15, 0.2) is 0 Å². The van der Waals surface area contributed by atoms with E-state index < -0.39 is 28.0 Å². The topological polar surface area (TPSA) is 102 Å². The van der Waals surface area contributed by atoms with Crippen LogP contribution in [0.25, 0.3) is 0 Å². The van der Waals surface area contributed by atoms with E-state index in [-0.39, 0.29) is 23.9 Å². The van der Waals surface area contributed by atoms with Crippen molar-refractivity contribution in [3.05, 3.63) is 24.3 Å². The van der Waals surface area contributed by atoms with Crippen LogP contribution in [0, 0.1) is 5.92 Å². The van der Waals surface area contributed by atoms with Gasteiger partial charge in [0.1, 0.15) is 10.6 Å². The highest BCUT2D eigenvalue weighted by atomic mass is 32.2. The summed E-state index contributed by atoms with van der Waals surface area (Å²) in [6, 6.07) is 5.34. The number of methoxy groups -OCH3 is 1. The zero-order valence-electron chi connectivity index (χ0n) is 10.8. The van der Waals surface area contributed by atoms with Crippen LogP contribution in [-0.2, 0) is 19.6 Å². The molecule has 8 heteroatoms. The number of hydrogen-bond donors (Lipinski definition) is 2. The van der Waals surface area contributed by atoms with Crippen molar-refractivity contribution >= 4 is 16.0 Å². The molecule has 0 aromatic heterocycles. The molecule has 2 atom stereocenters. The quantitative estimate of drug-likeness (QED) is 0.798. The highest BCUT2D eigenvalue weighted by Crippen LogP contribution is 2.24. The maximum Gasteiger partial charge on any atom is 0.310 e. The molecule has 0 bridgehead atoms. The van der Waals surface area contributed by atoms with E-state index in [1.54, 1.807) is 12.1 Å². The van der Waals surface area contributed by atoms with E-state index in [4.69, 9.17) is 14.6 Å². The van der Waals surface area contributed by atoms with E-state index in [9.17, 15) is 13.2 Å². The van der Waals surface area contributed by atoms with Crippen molar-refractivity contribution in [2.75, 3.05) is 20.3 Å². The minimum absolute atomic E-state index is 0.00551. The molecule has 2 N–H and O–H groups in total. The summed E-state index contributed by atoms with van der Waals surface area (Å²) in [4.78, 5) is 11.0. The number of para-hydroxylation sites is 1. The summed E-state index contributed by atoms with van der Waals surface area (Å²) >= 11 is 0. The Morgan fingerprint density at radius 2 is 2.10 bits per heavy atom. The molecule has 1 heterocycles. The van der Waals surface area contributed by atoms with Crippen LogP contribution in [0.15, 0.2) is 29.2 Å². The summed E-state index contributed by atoms with van der Waals surface area (Å²) in [5, 5.41) is 9.01. The second kappa shape index (κ2) is 5.78. The van der Waals surface area contributed by atoms with Gasteiger partial charge in [0.05, 0.1) is 32.3 Å². The zero-order valence-corrected chi connectivity index (χ0v) is 11.6. The molecule has 2 rings (SSSR count). The number of rotatable bonds is 5. The van der Waals surface area contributed by atoms with Crippen molar-refractivity contribution in [1.82, 2.24) is 4.72 Å². The van der Waals surface area contributed by atoms with E-state index in [1.807, 2.05) is 0 Å². The molecule has 0 aliphatic carbocycles. The van der Waals surface area contributed by atoms with Crippen LogP contribution in [0.2, 0.25) is 0 Å². The monoisotopic (exact) mass is 301 g/mol. The summed E-state index contributed by atoms with van der Waals surface area (Å²) in [6.45, 7) is 0.0276. The molecule has 1 aromatic carbocycles. The van der Waals surface area contributed by atoms with Crippen LogP contribution in [0.5, 0.6) is 5.75 Å². The molecular weight excluding hydrogens is 286 g/mol. The largest absolute Gasteiger partial charge is 0.495 e. The fraction of sp³-hybridized carbons (Fsp3) is 0.417. The first kappa shape index (κ1) is 14.8. The second-order valence-corrected chi connectivity index (χ2v) is 6.04. The molecule has 20 heavy (non-hydrogen) atoms. The minimum Gasteiger partial charge on any atom is -0.495 e. The molecule has 0 radical (unpaired) electrons. The van der Waals surface area contributed by atoms with Crippen LogP contribution < -0.4 is 9.46 Å². The summed E-state index contributed by atoms with van der Waals surface area (Å²) in [7, 11) is -2.50. The van der Waals surface area contributed by atoms with E-state index in [0.29, 0.717) is 0 Å². The van der Waals surface area contributed by atoms with Gasteiger partial charge >= 0.3 is 5.97 Å². The summed E-state index contributed by atoms with van der Waals surface area (Å²) in [6.07, 6.45) is 0. The lowest BCUT2D eigenvalue weighted by molar-refractivity contribution is -0.142. The van der Waals surface area contributed by atoms with E-state index in [0.717, 1.165) is 0 Å². The summed E-state index contributed by atoms with van der Waals surface area (Å²) in [5.74, 6) is -1.78. The molecule has 1 fully saturated rings. The minimum atomic E-state index is -3.87. The fourth-order valence-corrected chi connectivity index (χ4v) is 3.45. The van der Waals surface area contributed by atoms with Gasteiger partial charge in [-0.25, -0.2) is 13.1 Å². The number of carboxylic acid groups (broad SMARTS) is 1. The first-order chi connectivity index (χ1) is 9.45. The number of sulfonamides is 1. The molecule has 0 saturated carbocycles. The van der Waals surface area contributed by atoms with E-state index in [2.05, 4.69) is 4.72 Å². The normalized spacial score (nSPS) is 22.6. The van der Waals surface area contributed by atoms with Gasteiger partial charge in [-0.15, -0.1) is 0 Å². The first-order valence-corrected chi connectivity index (χ1v) is 7.40. The van der Waals surface area contributed by atoms with Crippen molar-refractivity contribution < 1.29 is 27.8 Å². The molecule has 1 aliphatic heterocycles. The van der Waals surface area contributed by atoms with E-state index in [1.165, 1.54) is 19.2 Å². The highest BCUT2D eigenvalue weighted by molar-refractivity contribution is 7.89. The average molecular weight is 301 g/mol. The molecule has 1 aromatic rings. The maximum atomic E-state index is 12.3. The number of ether oxygens (including phenoxy) is 2. The van der Waals surface area contributed by atoms with Crippen LogP contribution >= 0.6 is 0 Å². The van der Waals surface area contributed by atoms with Gasteiger partial charge in [-0.1, -0.05) is 12.1 Å². The van der Waals surface area contributed by atoms with Gasteiger partial charge in [0.2, 0.25) is 10.0 Å². The van der Waals surface area contributed by atoms with Gasteiger partial charge in [0.25, 0.3) is 0 Å². The predicted molar refractivity (Wildman–Crippen MR) is 69.0 cm³/mol. The first-order valence-electron chi connectivity index (χ1n) is 5.91. The van der Waals surface area contributed by atoms with Gasteiger partial charge in [-0.3, -0.25) is 4.79 Å². The number of benzene rings is 1. The Labute approximate surface area is 116 Å². The lowest BCUT2D eigenvalue weighted by atomic mass is 10.1. The Kier molecular flexibility index (Phi) is 4.26. The third-order valence-corrected chi connectivity index (χ3v) is 4.59. The van der Waals surface area contributed by atoms with Crippen LogP contribution in [-0.4, -0.2) is 45.9 Å². The van der Waals surface area contributed by atoms with Crippen LogP contribution in [0.4, 0.5) is 0 Å². The van der Waals surface area contributed by atoms with Crippen molar-refractivity contribution in [3.8, 4) is 5.75 Å². The number of carbonyl (C=O) groups is 1. The number of carboxylic acids is 1. The molecule has 0 spiro atoms. The lowest BCUT2D eigenvalue weighted by Gasteiger charge is -2.17. The Hall–Kier alpha value is -1.64. The Bertz CT molecular complexity index is 600. The van der Waals surface area contributed by atoms with Crippen molar-refractivity contribution in [3.63, 3.8) is 0 Å². The van der Waals surface area contributed by atoms with Gasteiger partial charge in [-0.2, -0.15) is 0 Å². The molecule has 1 saturated heterocycles. The standard InChI is InChI=1S/C12H15NO6S/c1-18-10-4-2-3-5-11(10)20(16,17)13-9-7-19-6-8(9)12(14)15/h2-5,8-9,13H,6-7H2,1H3,(H,14,15). The maximum absolute atomic E-state index is 12.3. The highest BCUT2D eigenvalue weighted by Gasteiger charge is 2.37. The third-order valence-electron chi connectivity index (χ3n) is 3.06. The van der Waals surface area contributed by atoms with Gasteiger partial charge in [-0.05, 0) is 12.1 Å². The van der Waals surface area contributed by atoms with Crippen LogP contribution in [0.1, 0.15) is 0 Å². The van der Waals surface area contributed by atoms with Gasteiger partial charge < -0.3 is 14.6 Å². The molecule has 7 nitrogen and oxygen atoms in total. The number of hydrogen-bond acceptors (Lipinski definition) is 5. The Morgan fingerprint density at radius 1 is 1.40 bits per heavy atom. The molecule has 0 amide bonds. The molecule has 1 aliphatic rings. The third kappa shape index (κ3) is 2.92. The average Bonchev–Trinajstić information content (AvgIpc) is 2.86. The van der Waals surface area contributed by atoms with Gasteiger partial charge in [0, 0.05) is 0 Å². The summed E-state index contributed by atoms with van der Waals surface area (Å²) < 4.78 is 37.0. The zero-order chi connectivity index (χ0) is 14.8. The number of aliphatic carboxylic acids is 1. The number of nitrogens with one attached hydrogen (secondary N) is 1. The van der Waals surface area contributed by atoms with Crippen molar-refractivity contribution in [2.45, 2.75) is 10.9 Å². The molecule has 110 valence electrons. The fourth-order valence-electron chi connectivity index (χ4n) is 2.02. The van der Waals surface area contributed by atoms with Crippen molar-refractivity contribution in [1.29, 1.82) is 0 Å². The summed E-state index contributed by atoms with van der Waals surface area (Å²) in [5.41, 5.74) is 0. The SMILES string of the molecule is COc1ccccc1S(=O)(=O)NC1COCC1C(=O)O. The van der Waals surface area contributed by atoms with Crippen LogP contribution in [0.3, 0.4) is 0 Å². The smallest absolute Gasteiger partial charge is 0.310 e. The van der Waals surface area contributed by atoms with Crippen molar-refractivity contribution in [2.24, 2.45) is 5.92 Å².